The van der Waals surface area contributed by atoms with Gasteiger partial charge in [-0.05, 0) is 0 Å². The third kappa shape index (κ3) is 1.17. The molecule has 4 N–H and O–H groups in total. The lowest BCUT2D eigenvalue weighted by molar-refractivity contribution is -0.804. The summed E-state index contributed by atoms with van der Waals surface area (Å²) in [6, 6.07) is 0. The van der Waals surface area contributed by atoms with E-state index in [0.29, 0.717) is 19.0 Å². The van der Waals surface area contributed by atoms with Crippen LogP contribution >= 0.6 is 0 Å². The molecule has 2 heterocycles. The number of hydroxylamine groups is 2. The molecule has 2 rings (SSSR count). The standard InChI is InChI=1S/C4H8N4O2S/c9-8-2-5-3-1-6-11(10)7-4(3)8/h5-8H,1-2H2. The lowest BCUT2D eigenvalue weighted by Gasteiger charge is -2.21. The second-order valence-electron chi connectivity index (χ2n) is 2.32. The molecule has 11 heavy (non-hydrogen) atoms. The lowest BCUT2D eigenvalue weighted by Crippen LogP contribution is -3.06. The highest BCUT2D eigenvalue weighted by Gasteiger charge is 2.30. The molecule has 0 spiro atoms. The van der Waals surface area contributed by atoms with Crippen LogP contribution in [0.4, 0.5) is 0 Å². The molecule has 0 fully saturated rings. The SMILES string of the molecule is [O-][NH+]1CNC2=C1N[S+]([O-])NC2. The first-order valence-corrected chi connectivity index (χ1v) is 4.34. The number of nitrogens with one attached hydrogen (secondary N) is 4. The number of hydrogen-bond donors (Lipinski definition) is 4. The van der Waals surface area contributed by atoms with Crippen molar-refractivity contribution in [1.82, 2.24) is 14.8 Å². The molecule has 0 aromatic rings. The van der Waals surface area contributed by atoms with Gasteiger partial charge in [-0.15, -0.1) is 9.44 Å². The van der Waals surface area contributed by atoms with Crippen LogP contribution in [0.15, 0.2) is 11.5 Å². The van der Waals surface area contributed by atoms with Gasteiger partial charge in [0, 0.05) is 0 Å². The Kier molecular flexibility index (Phi) is 1.66. The van der Waals surface area contributed by atoms with E-state index in [1.54, 1.807) is 0 Å². The Morgan fingerprint density at radius 1 is 1.55 bits per heavy atom. The summed E-state index contributed by atoms with van der Waals surface area (Å²) in [5.74, 6) is 0.474. The Hall–Kier alpha value is -0.470. The van der Waals surface area contributed by atoms with Gasteiger partial charge in [0.2, 0.25) is 0 Å². The summed E-state index contributed by atoms with van der Waals surface area (Å²) in [6.45, 7) is 0.789. The summed E-state index contributed by atoms with van der Waals surface area (Å²) in [4.78, 5) is 0. The van der Waals surface area contributed by atoms with Gasteiger partial charge in [-0.2, -0.15) is 0 Å². The minimum Gasteiger partial charge on any atom is -0.626 e. The van der Waals surface area contributed by atoms with E-state index >= 15 is 0 Å². The van der Waals surface area contributed by atoms with Gasteiger partial charge >= 0.3 is 0 Å². The molecule has 0 aromatic carbocycles. The van der Waals surface area contributed by atoms with Crippen LogP contribution < -0.4 is 19.8 Å². The molecule has 0 saturated heterocycles. The summed E-state index contributed by atoms with van der Waals surface area (Å²) < 4.78 is 16.0. The molecule has 0 amide bonds. The molecular formula is C4H8N4O2S. The Labute approximate surface area is 66.7 Å². The smallest absolute Gasteiger partial charge is 0.265 e. The van der Waals surface area contributed by atoms with E-state index in [-0.39, 0.29) is 5.06 Å². The maximum atomic E-state index is 11.0. The first-order chi connectivity index (χ1) is 5.27. The zero-order valence-electron chi connectivity index (χ0n) is 5.64. The Morgan fingerprint density at radius 3 is 3.18 bits per heavy atom. The van der Waals surface area contributed by atoms with Gasteiger partial charge in [0.25, 0.3) is 5.82 Å². The summed E-state index contributed by atoms with van der Waals surface area (Å²) in [7, 11) is 0. The molecule has 0 bridgehead atoms. The molecule has 0 radical (unpaired) electrons. The van der Waals surface area contributed by atoms with Crippen LogP contribution in [0.1, 0.15) is 0 Å². The second kappa shape index (κ2) is 2.54. The normalized spacial score (nSPS) is 36.2. The van der Waals surface area contributed by atoms with Crippen molar-refractivity contribution in [3.8, 4) is 0 Å². The van der Waals surface area contributed by atoms with Gasteiger partial charge in [-0.3, -0.25) is 0 Å². The predicted molar refractivity (Wildman–Crippen MR) is 38.6 cm³/mol. The first-order valence-electron chi connectivity index (χ1n) is 3.19. The van der Waals surface area contributed by atoms with Crippen LogP contribution in [-0.2, 0) is 11.5 Å². The van der Waals surface area contributed by atoms with Crippen LogP contribution in [-0.4, -0.2) is 17.8 Å². The van der Waals surface area contributed by atoms with Crippen LogP contribution in [0.2, 0.25) is 0 Å². The highest BCUT2D eigenvalue weighted by atomic mass is 32.2. The zero-order valence-corrected chi connectivity index (χ0v) is 6.46. The molecule has 0 aromatic heterocycles. The summed E-state index contributed by atoms with van der Waals surface area (Å²) in [5.41, 5.74) is 0.814. The molecule has 62 valence electrons. The Balaban J connectivity index is 2.18. The molecule has 0 saturated carbocycles. The summed E-state index contributed by atoms with van der Waals surface area (Å²) in [5, 5.41) is 13.9. The van der Waals surface area contributed by atoms with E-state index in [4.69, 9.17) is 0 Å². The fraction of sp³-hybridized carbons (Fsp3) is 0.500. The zero-order chi connectivity index (χ0) is 7.84. The lowest BCUT2D eigenvalue weighted by atomic mass is 10.4. The molecule has 6 nitrogen and oxygen atoms in total. The van der Waals surface area contributed by atoms with E-state index in [1.165, 1.54) is 0 Å². The van der Waals surface area contributed by atoms with Crippen molar-refractivity contribution < 1.29 is 9.62 Å². The maximum Gasteiger partial charge on any atom is 0.265 e. The van der Waals surface area contributed by atoms with Crippen molar-refractivity contribution in [1.29, 1.82) is 0 Å². The number of hydrogen-bond acceptors (Lipinski definition) is 5. The van der Waals surface area contributed by atoms with Crippen LogP contribution in [0, 0.1) is 5.21 Å². The quantitative estimate of drug-likeness (QED) is 0.231. The molecule has 2 aliphatic rings. The topological polar surface area (TPSA) is 86.7 Å². The molecule has 7 heteroatoms. The van der Waals surface area contributed by atoms with E-state index in [1.807, 2.05) is 0 Å². The summed E-state index contributed by atoms with van der Waals surface area (Å²) in [6.07, 6.45) is 0. The fourth-order valence-electron chi connectivity index (χ4n) is 1.07. The second-order valence-corrected chi connectivity index (χ2v) is 3.35. The van der Waals surface area contributed by atoms with E-state index < -0.39 is 11.5 Å². The predicted octanol–water partition coefficient (Wildman–Crippen LogP) is -3.13. The average molecular weight is 176 g/mol. The third-order valence-corrected chi connectivity index (χ3v) is 2.41. The third-order valence-electron chi connectivity index (χ3n) is 1.62. The highest BCUT2D eigenvalue weighted by Crippen LogP contribution is 2.01. The molecule has 2 aliphatic heterocycles. The highest BCUT2D eigenvalue weighted by molar-refractivity contribution is 7.87. The van der Waals surface area contributed by atoms with Crippen molar-refractivity contribution in [2.45, 2.75) is 0 Å². The van der Waals surface area contributed by atoms with E-state index in [0.717, 1.165) is 5.70 Å². The molecular weight excluding hydrogens is 168 g/mol. The Morgan fingerprint density at radius 2 is 2.36 bits per heavy atom. The van der Waals surface area contributed by atoms with Crippen LogP contribution in [0.5, 0.6) is 0 Å². The monoisotopic (exact) mass is 176 g/mol. The Bertz CT molecular complexity index is 208. The average Bonchev–Trinajstić information content (AvgIpc) is 2.33. The largest absolute Gasteiger partial charge is 0.626 e. The molecule has 2 atom stereocenters. The maximum absolute atomic E-state index is 11.0. The van der Waals surface area contributed by atoms with E-state index in [9.17, 15) is 9.76 Å². The first kappa shape index (κ1) is 7.19. The van der Waals surface area contributed by atoms with Gasteiger partial charge in [0.05, 0.1) is 6.54 Å². The van der Waals surface area contributed by atoms with Crippen LogP contribution in [0.3, 0.4) is 0 Å². The van der Waals surface area contributed by atoms with Crippen molar-refractivity contribution in [3.05, 3.63) is 16.7 Å². The van der Waals surface area contributed by atoms with E-state index in [2.05, 4.69) is 14.8 Å². The van der Waals surface area contributed by atoms with Gasteiger partial charge in [0.15, 0.2) is 18.2 Å². The van der Waals surface area contributed by atoms with Crippen LogP contribution in [0.25, 0.3) is 0 Å². The van der Waals surface area contributed by atoms with Crippen molar-refractivity contribution in [2.24, 2.45) is 0 Å². The minimum atomic E-state index is -1.29. The number of rotatable bonds is 0. The number of quaternary nitrogens is 1. The van der Waals surface area contributed by atoms with Gasteiger partial charge in [0.1, 0.15) is 5.70 Å². The van der Waals surface area contributed by atoms with Crippen molar-refractivity contribution in [2.75, 3.05) is 13.2 Å². The fourth-order valence-corrected chi connectivity index (χ4v) is 1.84. The van der Waals surface area contributed by atoms with Gasteiger partial charge < -0.3 is 20.1 Å². The molecule has 0 aliphatic carbocycles. The molecule has 2 unspecified atom stereocenters. The van der Waals surface area contributed by atoms with Gasteiger partial charge in [-0.25, -0.2) is 0 Å². The van der Waals surface area contributed by atoms with Crippen molar-refractivity contribution >= 4 is 11.5 Å². The van der Waals surface area contributed by atoms with Crippen molar-refractivity contribution in [3.63, 3.8) is 0 Å². The van der Waals surface area contributed by atoms with Gasteiger partial charge in [-0.1, -0.05) is 0 Å². The minimum absolute atomic E-state index is 0.0187. The summed E-state index contributed by atoms with van der Waals surface area (Å²) >= 11 is -1.29.